The molecule has 1 heterocycles. The molecule has 0 atom stereocenters. The van der Waals surface area contributed by atoms with Gasteiger partial charge in [-0.05, 0) is 52.9 Å². The molecule has 1 aromatic heterocycles. The second kappa shape index (κ2) is 3.72. The zero-order valence-corrected chi connectivity index (χ0v) is 9.66. The maximum atomic E-state index is 5.92. The molecule has 2 aromatic rings. The Bertz CT molecular complexity index is 409. The van der Waals surface area contributed by atoms with Crippen molar-refractivity contribution in [2.75, 3.05) is 0 Å². The first-order valence-electron chi connectivity index (χ1n) is 3.86. The maximum Gasteiger partial charge on any atom is 0.0597 e. The van der Waals surface area contributed by atoms with Gasteiger partial charge in [-0.1, -0.05) is 11.6 Å². The molecule has 0 saturated heterocycles. The van der Waals surface area contributed by atoms with Crippen LogP contribution >= 0.6 is 34.2 Å². The second-order valence-electron chi connectivity index (χ2n) is 2.69. The molecule has 2 rings (SSSR count). The number of hydrogen-bond donors (Lipinski definition) is 0. The minimum absolute atomic E-state index is 0.768. The van der Waals surface area contributed by atoms with E-state index in [1.54, 1.807) is 0 Å². The molecule has 0 spiro atoms. The van der Waals surface area contributed by atoms with Crippen molar-refractivity contribution >= 4 is 34.2 Å². The molecule has 3 heteroatoms. The van der Waals surface area contributed by atoms with E-state index in [2.05, 4.69) is 22.6 Å². The third-order valence-electron chi connectivity index (χ3n) is 1.79. The highest BCUT2D eigenvalue weighted by atomic mass is 127. The minimum atomic E-state index is 0.768. The summed E-state index contributed by atoms with van der Waals surface area (Å²) < 4.78 is 3.24. The smallest absolute Gasteiger partial charge is 0.0597 e. The van der Waals surface area contributed by atoms with Crippen LogP contribution in [0.15, 0.2) is 42.7 Å². The maximum absolute atomic E-state index is 5.92. The van der Waals surface area contributed by atoms with Crippen molar-refractivity contribution in [2.24, 2.45) is 0 Å². The molecule has 0 radical (unpaired) electrons. The molecule has 0 bridgehead atoms. The lowest BCUT2D eigenvalue weighted by atomic mass is 10.3. The van der Waals surface area contributed by atoms with Crippen molar-refractivity contribution in [3.63, 3.8) is 0 Å². The van der Waals surface area contributed by atoms with E-state index >= 15 is 0 Å². The Kier molecular flexibility index (Phi) is 2.60. The van der Waals surface area contributed by atoms with Crippen molar-refractivity contribution in [3.05, 3.63) is 51.3 Å². The number of aromatic nitrogens is 1. The summed E-state index contributed by atoms with van der Waals surface area (Å²) in [6.07, 6.45) is 4.02. The molecule has 0 amide bonds. The van der Waals surface area contributed by atoms with E-state index in [9.17, 15) is 0 Å². The van der Waals surface area contributed by atoms with Gasteiger partial charge in [-0.2, -0.15) is 0 Å². The average molecular weight is 304 g/mol. The van der Waals surface area contributed by atoms with Gasteiger partial charge in [0.1, 0.15) is 0 Å². The van der Waals surface area contributed by atoms with Crippen LogP contribution < -0.4 is 0 Å². The van der Waals surface area contributed by atoms with Gasteiger partial charge in [0.2, 0.25) is 0 Å². The fourth-order valence-corrected chi connectivity index (χ4v) is 1.96. The summed E-state index contributed by atoms with van der Waals surface area (Å²) in [5.74, 6) is 0. The largest absolute Gasteiger partial charge is 0.323 e. The highest BCUT2D eigenvalue weighted by Gasteiger charge is 2.01. The summed E-state index contributed by atoms with van der Waals surface area (Å²) in [5.41, 5.74) is 1.12. The van der Waals surface area contributed by atoms with E-state index in [1.807, 2.05) is 47.3 Å². The SMILES string of the molecule is Clc1ccc(I)c(-n2cccc2)c1. The molecule has 0 N–H and O–H groups in total. The first kappa shape index (κ1) is 9.09. The molecule has 0 saturated carbocycles. The standard InChI is InChI=1S/C10H7ClIN/c11-8-3-4-9(12)10(7-8)13-5-1-2-6-13/h1-7H. The Hall–Kier alpha value is -0.480. The summed E-state index contributed by atoms with van der Waals surface area (Å²) >= 11 is 8.22. The molecular weight excluding hydrogens is 296 g/mol. The fourth-order valence-electron chi connectivity index (χ4n) is 1.18. The Labute approximate surface area is 95.5 Å². The van der Waals surface area contributed by atoms with Crippen LogP contribution in [0.5, 0.6) is 0 Å². The predicted octanol–water partition coefficient (Wildman–Crippen LogP) is 3.74. The monoisotopic (exact) mass is 303 g/mol. The Balaban J connectivity index is 2.57. The van der Waals surface area contributed by atoms with Gasteiger partial charge < -0.3 is 4.57 Å². The van der Waals surface area contributed by atoms with Crippen LogP contribution in [0.25, 0.3) is 5.69 Å². The van der Waals surface area contributed by atoms with Gasteiger partial charge in [0.05, 0.1) is 5.69 Å². The lowest BCUT2D eigenvalue weighted by Gasteiger charge is -2.05. The normalized spacial score (nSPS) is 10.3. The van der Waals surface area contributed by atoms with Gasteiger partial charge in [-0.3, -0.25) is 0 Å². The van der Waals surface area contributed by atoms with Gasteiger partial charge in [-0.25, -0.2) is 0 Å². The Morgan fingerprint density at radius 3 is 2.54 bits per heavy atom. The molecular formula is C10H7ClIN. The summed E-state index contributed by atoms with van der Waals surface area (Å²) in [7, 11) is 0. The molecule has 13 heavy (non-hydrogen) atoms. The molecule has 0 fully saturated rings. The Morgan fingerprint density at radius 1 is 1.15 bits per heavy atom. The average Bonchev–Trinajstić information content (AvgIpc) is 2.61. The number of nitrogens with zero attached hydrogens (tertiary/aromatic N) is 1. The number of halogens is 2. The van der Waals surface area contributed by atoms with Crippen LogP contribution in [0.2, 0.25) is 5.02 Å². The van der Waals surface area contributed by atoms with Crippen molar-refractivity contribution in [3.8, 4) is 5.69 Å². The van der Waals surface area contributed by atoms with Crippen molar-refractivity contribution in [2.45, 2.75) is 0 Å². The third-order valence-corrected chi connectivity index (χ3v) is 2.94. The van der Waals surface area contributed by atoms with Gasteiger partial charge in [0.15, 0.2) is 0 Å². The molecule has 1 nitrogen and oxygen atoms in total. The Morgan fingerprint density at radius 2 is 1.85 bits per heavy atom. The number of rotatable bonds is 1. The number of benzene rings is 1. The van der Waals surface area contributed by atoms with Crippen LogP contribution in [-0.2, 0) is 0 Å². The summed E-state index contributed by atoms with van der Waals surface area (Å²) in [6.45, 7) is 0. The van der Waals surface area contributed by atoms with Crippen molar-refractivity contribution < 1.29 is 0 Å². The van der Waals surface area contributed by atoms with Crippen LogP contribution in [-0.4, -0.2) is 4.57 Å². The summed E-state index contributed by atoms with van der Waals surface area (Å²) in [4.78, 5) is 0. The highest BCUT2D eigenvalue weighted by molar-refractivity contribution is 14.1. The van der Waals surface area contributed by atoms with Gasteiger partial charge in [0.25, 0.3) is 0 Å². The van der Waals surface area contributed by atoms with Gasteiger partial charge >= 0.3 is 0 Å². The van der Waals surface area contributed by atoms with Gasteiger partial charge in [0, 0.05) is 21.0 Å². The molecule has 66 valence electrons. The van der Waals surface area contributed by atoms with Crippen molar-refractivity contribution in [1.29, 1.82) is 0 Å². The van der Waals surface area contributed by atoms with E-state index in [-0.39, 0.29) is 0 Å². The molecule has 1 aromatic carbocycles. The van der Waals surface area contributed by atoms with Crippen molar-refractivity contribution in [1.82, 2.24) is 4.57 Å². The van der Waals surface area contributed by atoms with E-state index in [0.717, 1.165) is 10.7 Å². The van der Waals surface area contributed by atoms with Crippen LogP contribution in [0, 0.1) is 3.57 Å². The lowest BCUT2D eigenvalue weighted by Crippen LogP contribution is -1.92. The lowest BCUT2D eigenvalue weighted by molar-refractivity contribution is 1.07. The van der Waals surface area contributed by atoms with Crippen LogP contribution in [0.1, 0.15) is 0 Å². The molecule has 0 aliphatic carbocycles. The number of hydrogen-bond acceptors (Lipinski definition) is 0. The zero-order valence-electron chi connectivity index (χ0n) is 6.74. The highest BCUT2D eigenvalue weighted by Crippen LogP contribution is 2.21. The zero-order chi connectivity index (χ0) is 9.26. The third kappa shape index (κ3) is 1.89. The van der Waals surface area contributed by atoms with Crippen LogP contribution in [0.3, 0.4) is 0 Å². The predicted molar refractivity (Wildman–Crippen MR) is 63.5 cm³/mol. The minimum Gasteiger partial charge on any atom is -0.323 e. The first-order chi connectivity index (χ1) is 6.27. The van der Waals surface area contributed by atoms with E-state index < -0.39 is 0 Å². The summed E-state index contributed by atoms with van der Waals surface area (Å²) in [6, 6.07) is 9.87. The van der Waals surface area contributed by atoms with Crippen LogP contribution in [0.4, 0.5) is 0 Å². The molecule has 0 aliphatic rings. The van der Waals surface area contributed by atoms with E-state index in [1.165, 1.54) is 3.57 Å². The summed E-state index contributed by atoms with van der Waals surface area (Å²) in [5, 5.41) is 0.768. The molecule has 0 unspecified atom stereocenters. The fraction of sp³-hybridized carbons (Fsp3) is 0. The van der Waals surface area contributed by atoms with E-state index in [0.29, 0.717) is 0 Å². The molecule has 0 aliphatic heterocycles. The second-order valence-corrected chi connectivity index (χ2v) is 4.28. The first-order valence-corrected chi connectivity index (χ1v) is 5.31. The quantitative estimate of drug-likeness (QED) is 0.707. The van der Waals surface area contributed by atoms with E-state index in [4.69, 9.17) is 11.6 Å². The topological polar surface area (TPSA) is 4.93 Å². The van der Waals surface area contributed by atoms with Gasteiger partial charge in [-0.15, -0.1) is 0 Å².